The number of hydrogen-bond acceptors (Lipinski definition) is 5. The maximum atomic E-state index is 11.7. The Morgan fingerprint density at radius 3 is 2.84 bits per heavy atom. The van der Waals surface area contributed by atoms with Gasteiger partial charge in [0.15, 0.2) is 5.79 Å². The number of rotatable bonds is 3. The third-order valence-corrected chi connectivity index (χ3v) is 4.47. The number of ether oxygens (including phenoxy) is 2. The fraction of sp³-hybridized carbons (Fsp3) is 0.923. The van der Waals surface area contributed by atoms with Crippen LogP contribution in [0, 0.1) is 5.92 Å². The molecule has 0 unspecified atom stereocenters. The predicted molar refractivity (Wildman–Crippen MR) is 66.9 cm³/mol. The molecular weight excluding hydrogens is 248 g/mol. The van der Waals surface area contributed by atoms with E-state index in [9.17, 15) is 4.79 Å². The van der Waals surface area contributed by atoms with Gasteiger partial charge in [0.25, 0.3) is 0 Å². The van der Waals surface area contributed by atoms with Crippen LogP contribution in [0.15, 0.2) is 0 Å². The number of amides is 1. The number of hydrazine groups is 1. The maximum Gasteiger partial charge on any atom is 0.239 e. The molecule has 1 saturated carbocycles. The molecule has 19 heavy (non-hydrogen) atoms. The summed E-state index contributed by atoms with van der Waals surface area (Å²) in [7, 11) is 0. The molecule has 6 heteroatoms. The minimum absolute atomic E-state index is 0.00892. The van der Waals surface area contributed by atoms with E-state index in [1.807, 2.05) is 0 Å². The number of nitrogens with one attached hydrogen (secondary N) is 2. The van der Waals surface area contributed by atoms with Crippen molar-refractivity contribution in [1.82, 2.24) is 10.9 Å². The highest BCUT2D eigenvalue weighted by molar-refractivity contribution is 5.81. The highest BCUT2D eigenvalue weighted by Crippen LogP contribution is 2.39. The summed E-state index contributed by atoms with van der Waals surface area (Å²) in [6.45, 7) is 0.531. The Hall–Kier alpha value is -0.690. The minimum atomic E-state index is -0.417. The van der Waals surface area contributed by atoms with E-state index >= 15 is 0 Å². The normalized spacial score (nSPS) is 37.7. The lowest BCUT2D eigenvalue weighted by molar-refractivity contribution is -0.190. The van der Waals surface area contributed by atoms with E-state index in [0.717, 1.165) is 25.7 Å². The third-order valence-electron chi connectivity index (χ3n) is 4.47. The molecule has 0 radical (unpaired) electrons. The van der Waals surface area contributed by atoms with Crippen molar-refractivity contribution in [1.29, 1.82) is 0 Å². The van der Waals surface area contributed by atoms with Crippen LogP contribution in [0.5, 0.6) is 0 Å². The average molecular weight is 270 g/mol. The first-order valence-corrected chi connectivity index (χ1v) is 7.22. The van der Waals surface area contributed by atoms with Crippen molar-refractivity contribution in [2.45, 2.75) is 56.5 Å². The van der Waals surface area contributed by atoms with Crippen molar-refractivity contribution >= 4 is 5.91 Å². The maximum absolute atomic E-state index is 11.7. The minimum Gasteiger partial charge on any atom is -0.396 e. The number of aliphatic hydroxyl groups is 1. The van der Waals surface area contributed by atoms with Gasteiger partial charge >= 0.3 is 0 Å². The van der Waals surface area contributed by atoms with Gasteiger partial charge in [0, 0.05) is 19.4 Å². The van der Waals surface area contributed by atoms with Gasteiger partial charge in [-0.3, -0.25) is 10.2 Å². The van der Waals surface area contributed by atoms with Gasteiger partial charge in [-0.15, -0.1) is 0 Å². The zero-order valence-corrected chi connectivity index (χ0v) is 11.1. The van der Waals surface area contributed by atoms with Crippen molar-refractivity contribution in [3.05, 3.63) is 0 Å². The van der Waals surface area contributed by atoms with Crippen LogP contribution in [0.1, 0.15) is 38.5 Å². The highest BCUT2D eigenvalue weighted by atomic mass is 16.7. The highest BCUT2D eigenvalue weighted by Gasteiger charge is 2.49. The van der Waals surface area contributed by atoms with E-state index in [1.54, 1.807) is 0 Å². The molecular formula is C13H22N2O4. The molecule has 6 nitrogen and oxygen atoms in total. The SMILES string of the molecule is O=C1NN[C@@H]([C@H]2COC3(CCCCC3)O2)[C@@H]1CCO. The van der Waals surface area contributed by atoms with Gasteiger partial charge in [0.05, 0.1) is 18.6 Å². The summed E-state index contributed by atoms with van der Waals surface area (Å²) >= 11 is 0. The Bertz CT molecular complexity index is 344. The van der Waals surface area contributed by atoms with Crippen LogP contribution in [-0.4, -0.2) is 42.2 Å². The van der Waals surface area contributed by atoms with Crippen molar-refractivity contribution in [3.8, 4) is 0 Å². The Balaban J connectivity index is 1.65. The summed E-state index contributed by atoms with van der Waals surface area (Å²) in [4.78, 5) is 11.7. The predicted octanol–water partition coefficient (Wildman–Crippen LogP) is 0.0638. The van der Waals surface area contributed by atoms with Crippen LogP contribution >= 0.6 is 0 Å². The Labute approximate surface area is 112 Å². The quantitative estimate of drug-likeness (QED) is 0.676. The van der Waals surface area contributed by atoms with Crippen LogP contribution in [0.4, 0.5) is 0 Å². The molecule has 2 saturated heterocycles. The molecule has 0 bridgehead atoms. The van der Waals surface area contributed by atoms with E-state index in [1.165, 1.54) is 6.42 Å². The van der Waals surface area contributed by atoms with Gasteiger partial charge in [0.1, 0.15) is 6.10 Å². The Morgan fingerprint density at radius 1 is 1.32 bits per heavy atom. The molecule has 3 atom stereocenters. The lowest BCUT2D eigenvalue weighted by Crippen LogP contribution is -2.44. The largest absolute Gasteiger partial charge is 0.396 e. The van der Waals surface area contributed by atoms with Gasteiger partial charge in [-0.25, -0.2) is 5.43 Å². The van der Waals surface area contributed by atoms with Crippen LogP contribution < -0.4 is 10.9 Å². The molecule has 2 aliphatic heterocycles. The standard InChI is InChI=1S/C13H22N2O4/c16-7-4-9-11(14-15-12(9)17)10-8-18-13(19-10)5-2-1-3-6-13/h9-11,14,16H,1-8H2,(H,15,17)/t9-,10+,11+/m0/s1. The summed E-state index contributed by atoms with van der Waals surface area (Å²) in [6, 6.07) is -0.110. The lowest BCUT2D eigenvalue weighted by atomic mass is 9.93. The van der Waals surface area contributed by atoms with Gasteiger partial charge in [-0.1, -0.05) is 6.42 Å². The third kappa shape index (κ3) is 2.50. The molecule has 108 valence electrons. The summed E-state index contributed by atoms with van der Waals surface area (Å²) in [6.07, 6.45) is 5.76. The zero-order chi connectivity index (χ0) is 13.3. The number of hydrogen-bond donors (Lipinski definition) is 3. The molecule has 3 fully saturated rings. The first-order valence-electron chi connectivity index (χ1n) is 7.22. The smallest absolute Gasteiger partial charge is 0.239 e. The second-order valence-corrected chi connectivity index (χ2v) is 5.72. The molecule has 0 aromatic heterocycles. The Morgan fingerprint density at radius 2 is 2.11 bits per heavy atom. The lowest BCUT2D eigenvalue weighted by Gasteiger charge is -2.32. The van der Waals surface area contributed by atoms with Gasteiger partial charge < -0.3 is 14.6 Å². The van der Waals surface area contributed by atoms with Crippen LogP contribution in [0.2, 0.25) is 0 Å². The number of aliphatic hydroxyl groups excluding tert-OH is 1. The van der Waals surface area contributed by atoms with Crippen LogP contribution in [0.25, 0.3) is 0 Å². The number of carbonyl (C=O) groups is 1. The van der Waals surface area contributed by atoms with Crippen molar-refractivity contribution in [2.75, 3.05) is 13.2 Å². The fourth-order valence-corrected chi connectivity index (χ4v) is 3.42. The summed E-state index contributed by atoms with van der Waals surface area (Å²) < 4.78 is 12.0. The second kappa shape index (κ2) is 5.36. The summed E-state index contributed by atoms with van der Waals surface area (Å²) in [5, 5.41) is 9.07. The van der Waals surface area contributed by atoms with E-state index in [-0.39, 0.29) is 30.6 Å². The van der Waals surface area contributed by atoms with Crippen molar-refractivity contribution < 1.29 is 19.4 Å². The molecule has 3 aliphatic rings. The van der Waals surface area contributed by atoms with E-state index in [4.69, 9.17) is 14.6 Å². The first-order chi connectivity index (χ1) is 9.24. The summed E-state index contributed by atoms with van der Waals surface area (Å²) in [5.74, 6) is -0.718. The molecule has 0 aromatic carbocycles. The topological polar surface area (TPSA) is 79.8 Å². The second-order valence-electron chi connectivity index (χ2n) is 5.72. The van der Waals surface area contributed by atoms with E-state index < -0.39 is 5.79 Å². The fourth-order valence-electron chi connectivity index (χ4n) is 3.42. The van der Waals surface area contributed by atoms with Crippen molar-refractivity contribution in [3.63, 3.8) is 0 Å². The molecule has 1 amide bonds. The first kappa shape index (κ1) is 13.3. The van der Waals surface area contributed by atoms with Gasteiger partial charge in [0.2, 0.25) is 5.91 Å². The zero-order valence-electron chi connectivity index (χ0n) is 11.1. The molecule has 1 spiro atoms. The molecule has 1 aliphatic carbocycles. The molecule has 2 heterocycles. The van der Waals surface area contributed by atoms with Crippen molar-refractivity contribution in [2.24, 2.45) is 5.92 Å². The monoisotopic (exact) mass is 270 g/mol. The Kier molecular flexibility index (Phi) is 3.75. The van der Waals surface area contributed by atoms with Crippen LogP contribution in [-0.2, 0) is 14.3 Å². The van der Waals surface area contributed by atoms with E-state index in [2.05, 4.69) is 10.9 Å². The van der Waals surface area contributed by atoms with Gasteiger partial charge in [-0.2, -0.15) is 0 Å². The molecule has 3 N–H and O–H groups in total. The van der Waals surface area contributed by atoms with Gasteiger partial charge in [-0.05, 0) is 19.3 Å². The molecule has 0 aromatic rings. The number of carbonyl (C=O) groups excluding carboxylic acids is 1. The van der Waals surface area contributed by atoms with E-state index in [0.29, 0.717) is 13.0 Å². The summed E-state index contributed by atoms with van der Waals surface area (Å²) in [5.41, 5.74) is 5.63. The van der Waals surface area contributed by atoms with Crippen LogP contribution in [0.3, 0.4) is 0 Å². The average Bonchev–Trinajstić information content (AvgIpc) is 2.97. The molecule has 3 rings (SSSR count).